The van der Waals surface area contributed by atoms with Crippen molar-refractivity contribution >= 4 is 11.9 Å². The molecule has 0 aliphatic carbocycles. The molecule has 1 aliphatic heterocycles. The number of carbonyl (C=O) groups is 2. The van der Waals surface area contributed by atoms with Gasteiger partial charge in [0.25, 0.3) is 0 Å². The summed E-state index contributed by atoms with van der Waals surface area (Å²) in [5.41, 5.74) is 5.49. The van der Waals surface area contributed by atoms with E-state index in [1.807, 2.05) is 6.92 Å². The Morgan fingerprint density at radius 2 is 1.89 bits per heavy atom. The van der Waals surface area contributed by atoms with Crippen molar-refractivity contribution in [2.24, 2.45) is 5.73 Å². The van der Waals surface area contributed by atoms with Gasteiger partial charge in [0, 0.05) is 33.2 Å². The lowest BCUT2D eigenvalue weighted by Crippen LogP contribution is -2.55. The van der Waals surface area contributed by atoms with E-state index >= 15 is 0 Å². The third-order valence-electron chi connectivity index (χ3n) is 3.48. The minimum absolute atomic E-state index is 0.255. The molecule has 7 nitrogen and oxygen atoms in total. The van der Waals surface area contributed by atoms with Gasteiger partial charge in [0.1, 0.15) is 0 Å². The Balaban J connectivity index is 2.33. The Kier molecular flexibility index (Phi) is 6.75. The zero-order chi connectivity index (χ0) is 14.3. The number of nitrogens with zero attached hydrogens (tertiary/aromatic N) is 2. The summed E-state index contributed by atoms with van der Waals surface area (Å²) in [5, 5.41) is 4.69. The predicted octanol–water partition coefficient (Wildman–Crippen LogP) is -1.20. The first-order valence-corrected chi connectivity index (χ1v) is 6.77. The number of piperazine rings is 1. The molecule has 110 valence electrons. The number of rotatable bonds is 5. The van der Waals surface area contributed by atoms with E-state index in [1.54, 1.807) is 0 Å². The summed E-state index contributed by atoms with van der Waals surface area (Å²) >= 11 is 0. The smallest absolute Gasteiger partial charge is 0.321 e. The molecule has 3 amide bonds. The largest absolute Gasteiger partial charge is 0.341 e. The van der Waals surface area contributed by atoms with Crippen molar-refractivity contribution in [2.45, 2.75) is 19.4 Å². The van der Waals surface area contributed by atoms with Gasteiger partial charge in [-0.05, 0) is 26.4 Å². The van der Waals surface area contributed by atoms with E-state index < -0.39 is 6.03 Å². The number of imide groups is 1. The molecule has 0 spiro atoms. The van der Waals surface area contributed by atoms with E-state index in [-0.39, 0.29) is 11.9 Å². The van der Waals surface area contributed by atoms with Gasteiger partial charge >= 0.3 is 6.03 Å². The maximum absolute atomic E-state index is 11.8. The summed E-state index contributed by atoms with van der Waals surface area (Å²) in [5.74, 6) is -0.255. The lowest BCUT2D eigenvalue weighted by atomic mass is 10.2. The molecule has 1 fully saturated rings. The van der Waals surface area contributed by atoms with Gasteiger partial charge in [0.2, 0.25) is 5.91 Å². The molecule has 0 aromatic carbocycles. The van der Waals surface area contributed by atoms with Crippen LogP contribution in [0.3, 0.4) is 0 Å². The highest BCUT2D eigenvalue weighted by atomic mass is 16.2. The van der Waals surface area contributed by atoms with E-state index in [9.17, 15) is 9.59 Å². The van der Waals surface area contributed by atoms with Crippen LogP contribution in [0.5, 0.6) is 0 Å². The molecule has 4 N–H and O–H groups in total. The van der Waals surface area contributed by atoms with Gasteiger partial charge in [-0.2, -0.15) is 0 Å². The van der Waals surface area contributed by atoms with Crippen LogP contribution in [0.2, 0.25) is 0 Å². The van der Waals surface area contributed by atoms with E-state index in [1.165, 1.54) is 7.05 Å². The van der Waals surface area contributed by atoms with Crippen LogP contribution in [0.25, 0.3) is 0 Å². The van der Waals surface area contributed by atoms with Crippen LogP contribution in [0.1, 0.15) is 13.3 Å². The SMILES string of the molecule is CNC(=O)NC(=O)C(C)N1CCN(CCCN)CC1. The molecule has 0 bridgehead atoms. The molecule has 1 atom stereocenters. The highest BCUT2D eigenvalue weighted by Gasteiger charge is 2.25. The zero-order valence-electron chi connectivity index (χ0n) is 11.8. The Hall–Kier alpha value is -1.18. The summed E-state index contributed by atoms with van der Waals surface area (Å²) < 4.78 is 0. The number of hydrogen-bond acceptors (Lipinski definition) is 5. The van der Waals surface area contributed by atoms with Crippen LogP contribution in [-0.4, -0.2) is 74.1 Å². The molecule has 7 heteroatoms. The molecule has 0 radical (unpaired) electrons. The first-order valence-electron chi connectivity index (χ1n) is 6.77. The van der Waals surface area contributed by atoms with Crippen molar-refractivity contribution in [3.05, 3.63) is 0 Å². The molecule has 1 rings (SSSR count). The monoisotopic (exact) mass is 271 g/mol. The number of carbonyl (C=O) groups excluding carboxylic acids is 2. The maximum Gasteiger partial charge on any atom is 0.321 e. The van der Waals surface area contributed by atoms with E-state index in [2.05, 4.69) is 20.4 Å². The predicted molar refractivity (Wildman–Crippen MR) is 73.7 cm³/mol. The first-order chi connectivity index (χ1) is 9.08. The third-order valence-corrected chi connectivity index (χ3v) is 3.48. The Bertz CT molecular complexity index is 302. The second-order valence-corrected chi connectivity index (χ2v) is 4.76. The van der Waals surface area contributed by atoms with Crippen LogP contribution in [0.4, 0.5) is 4.79 Å². The average molecular weight is 271 g/mol. The van der Waals surface area contributed by atoms with E-state index in [0.717, 1.165) is 39.1 Å². The number of amides is 3. The highest BCUT2D eigenvalue weighted by molar-refractivity contribution is 5.96. The van der Waals surface area contributed by atoms with Gasteiger partial charge in [-0.3, -0.25) is 15.0 Å². The van der Waals surface area contributed by atoms with E-state index in [0.29, 0.717) is 6.54 Å². The fraction of sp³-hybridized carbons (Fsp3) is 0.833. The molecule has 1 unspecified atom stereocenters. The van der Waals surface area contributed by atoms with Crippen LogP contribution < -0.4 is 16.4 Å². The minimum Gasteiger partial charge on any atom is -0.341 e. The summed E-state index contributed by atoms with van der Waals surface area (Å²) in [4.78, 5) is 27.4. The van der Waals surface area contributed by atoms with Crippen molar-refractivity contribution in [1.29, 1.82) is 0 Å². The summed E-state index contributed by atoms with van der Waals surface area (Å²) in [6, 6.07) is -0.743. The van der Waals surface area contributed by atoms with Gasteiger partial charge in [-0.15, -0.1) is 0 Å². The molecule has 1 saturated heterocycles. The molecule has 0 aromatic heterocycles. The Morgan fingerprint density at radius 3 is 2.42 bits per heavy atom. The second-order valence-electron chi connectivity index (χ2n) is 4.76. The normalized spacial score (nSPS) is 18.9. The first kappa shape index (κ1) is 15.9. The fourth-order valence-corrected chi connectivity index (χ4v) is 2.13. The molecular formula is C12H25N5O2. The molecule has 0 aromatic rings. The number of urea groups is 1. The second kappa shape index (κ2) is 8.08. The standard InChI is InChI=1S/C12H25N5O2/c1-10(11(18)15-12(19)14-2)17-8-6-16(7-9-17)5-3-4-13/h10H,3-9,13H2,1-2H3,(H2,14,15,18,19). The number of nitrogens with two attached hydrogens (primary N) is 1. The zero-order valence-corrected chi connectivity index (χ0v) is 11.8. The van der Waals surface area contributed by atoms with Crippen LogP contribution in [0, 0.1) is 0 Å². The molecular weight excluding hydrogens is 246 g/mol. The summed E-state index contributed by atoms with van der Waals surface area (Å²) in [7, 11) is 1.49. The summed E-state index contributed by atoms with van der Waals surface area (Å²) in [6.45, 7) is 7.12. The maximum atomic E-state index is 11.8. The lowest BCUT2D eigenvalue weighted by Gasteiger charge is -2.37. The Labute approximate surface area is 114 Å². The van der Waals surface area contributed by atoms with Crippen molar-refractivity contribution in [3.63, 3.8) is 0 Å². The fourth-order valence-electron chi connectivity index (χ4n) is 2.13. The van der Waals surface area contributed by atoms with Crippen LogP contribution in [0.15, 0.2) is 0 Å². The molecule has 1 heterocycles. The molecule has 19 heavy (non-hydrogen) atoms. The van der Waals surface area contributed by atoms with Crippen molar-refractivity contribution in [3.8, 4) is 0 Å². The topological polar surface area (TPSA) is 90.7 Å². The quantitative estimate of drug-likeness (QED) is 0.584. The molecule has 1 aliphatic rings. The highest BCUT2D eigenvalue weighted by Crippen LogP contribution is 2.06. The summed E-state index contributed by atoms with van der Waals surface area (Å²) in [6.07, 6.45) is 1.01. The van der Waals surface area contributed by atoms with Gasteiger partial charge in [0.05, 0.1) is 6.04 Å². The van der Waals surface area contributed by atoms with Crippen molar-refractivity contribution in [1.82, 2.24) is 20.4 Å². The number of nitrogens with one attached hydrogen (secondary N) is 2. The lowest BCUT2D eigenvalue weighted by molar-refractivity contribution is -0.125. The van der Waals surface area contributed by atoms with E-state index in [4.69, 9.17) is 5.73 Å². The van der Waals surface area contributed by atoms with Gasteiger partial charge < -0.3 is 16.0 Å². The third kappa shape index (κ3) is 5.14. The minimum atomic E-state index is -0.460. The van der Waals surface area contributed by atoms with Gasteiger partial charge in [-0.1, -0.05) is 0 Å². The van der Waals surface area contributed by atoms with Gasteiger partial charge in [-0.25, -0.2) is 4.79 Å². The van der Waals surface area contributed by atoms with Crippen molar-refractivity contribution in [2.75, 3.05) is 46.3 Å². The van der Waals surface area contributed by atoms with Crippen LogP contribution >= 0.6 is 0 Å². The van der Waals surface area contributed by atoms with Crippen LogP contribution in [-0.2, 0) is 4.79 Å². The number of hydrogen-bond donors (Lipinski definition) is 3. The van der Waals surface area contributed by atoms with Gasteiger partial charge in [0.15, 0.2) is 0 Å². The van der Waals surface area contributed by atoms with Crippen molar-refractivity contribution < 1.29 is 9.59 Å². The Morgan fingerprint density at radius 1 is 1.26 bits per heavy atom. The average Bonchev–Trinajstić information content (AvgIpc) is 2.44. The molecule has 0 saturated carbocycles.